The first-order chi connectivity index (χ1) is 3.83. The van der Waals surface area contributed by atoms with Gasteiger partial charge in [0.2, 0.25) is 0 Å². The topological polar surface area (TPSA) is 55.5 Å². The number of aliphatic hydroxyl groups excluding tert-OH is 1. The molecule has 0 bridgehead atoms. The van der Waals surface area contributed by atoms with Crippen LogP contribution in [0.2, 0.25) is 0 Å². The van der Waals surface area contributed by atoms with Crippen LogP contribution < -0.4 is 5.73 Å². The maximum Gasteiger partial charge on any atom is 0.0579 e. The zero-order valence-corrected chi connectivity index (χ0v) is 5.99. The highest BCUT2D eigenvalue weighted by Crippen LogP contribution is 2.24. The van der Waals surface area contributed by atoms with E-state index in [0.717, 1.165) is 0 Å². The summed E-state index contributed by atoms with van der Waals surface area (Å²) < 4.78 is 4.88. The van der Waals surface area contributed by atoms with Gasteiger partial charge in [-0.05, 0) is 0 Å². The molecule has 1 heterocycles. The quantitative estimate of drug-likeness (QED) is 0.556. The third-order valence-electron chi connectivity index (χ3n) is 1.58. The molecule has 1 aliphatic rings. The predicted octanol–water partition coefficient (Wildman–Crippen LogP) is -0.624. The Morgan fingerprint density at radius 2 is 2.11 bits per heavy atom. The lowest BCUT2D eigenvalue weighted by atomic mass is 9.87. The van der Waals surface area contributed by atoms with Crippen molar-refractivity contribution >= 4 is 12.4 Å². The summed E-state index contributed by atoms with van der Waals surface area (Å²) in [4.78, 5) is 0. The van der Waals surface area contributed by atoms with E-state index in [0.29, 0.717) is 19.8 Å². The molecule has 3 nitrogen and oxygen atoms in total. The van der Waals surface area contributed by atoms with Crippen LogP contribution in [0.25, 0.3) is 0 Å². The van der Waals surface area contributed by atoms with Gasteiger partial charge in [0.05, 0.1) is 25.2 Å². The molecular weight excluding hydrogens is 142 g/mol. The Balaban J connectivity index is 0.000000640. The monoisotopic (exact) mass is 153 g/mol. The average Bonchev–Trinajstić information content (AvgIpc) is 1.67. The van der Waals surface area contributed by atoms with Crippen LogP contribution in [0, 0.1) is 5.41 Å². The van der Waals surface area contributed by atoms with Gasteiger partial charge in [0.15, 0.2) is 0 Å². The van der Waals surface area contributed by atoms with Gasteiger partial charge in [-0.3, -0.25) is 0 Å². The molecule has 0 aromatic rings. The Morgan fingerprint density at radius 3 is 2.11 bits per heavy atom. The lowest BCUT2D eigenvalue weighted by molar-refractivity contribution is -0.130. The lowest BCUT2D eigenvalue weighted by Crippen LogP contribution is -2.50. The first-order valence-corrected chi connectivity index (χ1v) is 2.72. The second-order valence-corrected chi connectivity index (χ2v) is 2.36. The molecule has 9 heavy (non-hydrogen) atoms. The van der Waals surface area contributed by atoms with Crippen molar-refractivity contribution in [1.82, 2.24) is 0 Å². The van der Waals surface area contributed by atoms with E-state index in [1.54, 1.807) is 0 Å². The van der Waals surface area contributed by atoms with Gasteiger partial charge in [-0.2, -0.15) is 0 Å². The Kier molecular flexibility index (Phi) is 3.43. The van der Waals surface area contributed by atoms with Gasteiger partial charge in [-0.15, -0.1) is 12.4 Å². The third kappa shape index (κ3) is 1.55. The maximum absolute atomic E-state index is 8.68. The second kappa shape index (κ2) is 3.37. The van der Waals surface area contributed by atoms with Crippen molar-refractivity contribution in [3.05, 3.63) is 0 Å². The van der Waals surface area contributed by atoms with E-state index in [1.807, 2.05) is 0 Å². The van der Waals surface area contributed by atoms with Crippen LogP contribution in [-0.2, 0) is 4.74 Å². The molecule has 0 unspecified atom stereocenters. The molecule has 0 saturated carbocycles. The average molecular weight is 154 g/mol. The van der Waals surface area contributed by atoms with Gasteiger partial charge >= 0.3 is 0 Å². The summed E-state index contributed by atoms with van der Waals surface area (Å²) in [5.74, 6) is 0. The van der Waals surface area contributed by atoms with Crippen molar-refractivity contribution in [1.29, 1.82) is 0 Å². The van der Waals surface area contributed by atoms with Crippen LogP contribution in [0.1, 0.15) is 0 Å². The zero-order chi connectivity index (χ0) is 6.04. The lowest BCUT2D eigenvalue weighted by Gasteiger charge is -2.38. The number of hydrogen-bond donors (Lipinski definition) is 2. The number of nitrogens with two attached hydrogens (primary N) is 1. The van der Waals surface area contributed by atoms with Gasteiger partial charge in [0, 0.05) is 6.54 Å². The highest BCUT2D eigenvalue weighted by atomic mass is 35.5. The SMILES string of the molecule is Cl.NCC1(CO)COC1. The minimum Gasteiger partial charge on any atom is -0.396 e. The molecule has 3 N–H and O–H groups in total. The van der Waals surface area contributed by atoms with Crippen LogP contribution in [0.15, 0.2) is 0 Å². The largest absolute Gasteiger partial charge is 0.396 e. The van der Waals surface area contributed by atoms with E-state index in [9.17, 15) is 0 Å². The second-order valence-electron chi connectivity index (χ2n) is 2.36. The minimum absolute atomic E-state index is 0. The Hall–Kier alpha value is 0.170. The van der Waals surface area contributed by atoms with Gasteiger partial charge in [0.25, 0.3) is 0 Å². The van der Waals surface area contributed by atoms with Crippen molar-refractivity contribution in [3.63, 3.8) is 0 Å². The van der Waals surface area contributed by atoms with Crippen molar-refractivity contribution in [2.24, 2.45) is 11.1 Å². The van der Waals surface area contributed by atoms with Crippen LogP contribution in [-0.4, -0.2) is 31.5 Å². The number of hydrogen-bond acceptors (Lipinski definition) is 3. The normalized spacial score (nSPS) is 22.0. The predicted molar refractivity (Wildman–Crippen MR) is 36.6 cm³/mol. The Bertz CT molecular complexity index is 71.5. The van der Waals surface area contributed by atoms with E-state index < -0.39 is 0 Å². The van der Waals surface area contributed by atoms with E-state index in [4.69, 9.17) is 15.6 Å². The maximum atomic E-state index is 8.68. The highest BCUT2D eigenvalue weighted by molar-refractivity contribution is 5.85. The third-order valence-corrected chi connectivity index (χ3v) is 1.58. The molecule has 0 aromatic heterocycles. The molecule has 0 amide bonds. The number of ether oxygens (including phenoxy) is 1. The number of halogens is 1. The van der Waals surface area contributed by atoms with Crippen molar-refractivity contribution in [3.8, 4) is 0 Å². The Labute approximate surface area is 60.6 Å². The highest BCUT2D eigenvalue weighted by Gasteiger charge is 2.36. The number of rotatable bonds is 2. The summed E-state index contributed by atoms with van der Waals surface area (Å²) in [6, 6.07) is 0. The van der Waals surface area contributed by atoms with E-state index >= 15 is 0 Å². The molecule has 56 valence electrons. The summed E-state index contributed by atoms with van der Waals surface area (Å²) in [6.07, 6.45) is 0. The molecular formula is C5H12ClNO2. The molecule has 1 saturated heterocycles. The summed E-state index contributed by atoms with van der Waals surface area (Å²) in [5, 5.41) is 8.68. The van der Waals surface area contributed by atoms with Crippen molar-refractivity contribution in [2.75, 3.05) is 26.4 Å². The first-order valence-electron chi connectivity index (χ1n) is 2.72. The Morgan fingerprint density at radius 1 is 1.56 bits per heavy atom. The summed E-state index contributed by atoms with van der Waals surface area (Å²) in [5.41, 5.74) is 5.26. The fourth-order valence-electron chi connectivity index (χ4n) is 0.664. The number of aliphatic hydroxyl groups is 1. The van der Waals surface area contributed by atoms with E-state index in [1.165, 1.54) is 0 Å². The molecule has 4 heteroatoms. The molecule has 1 aliphatic heterocycles. The van der Waals surface area contributed by atoms with Crippen LogP contribution in [0.3, 0.4) is 0 Å². The van der Waals surface area contributed by atoms with E-state index in [2.05, 4.69) is 0 Å². The molecule has 1 fully saturated rings. The minimum atomic E-state index is -0.0833. The molecule has 0 spiro atoms. The molecule has 0 aromatic carbocycles. The van der Waals surface area contributed by atoms with Crippen molar-refractivity contribution < 1.29 is 9.84 Å². The smallest absolute Gasteiger partial charge is 0.0579 e. The van der Waals surface area contributed by atoms with Crippen LogP contribution in [0.4, 0.5) is 0 Å². The fraction of sp³-hybridized carbons (Fsp3) is 1.00. The summed E-state index contributed by atoms with van der Waals surface area (Å²) >= 11 is 0. The molecule has 0 atom stereocenters. The summed E-state index contributed by atoms with van der Waals surface area (Å²) in [7, 11) is 0. The van der Waals surface area contributed by atoms with Crippen LogP contribution >= 0.6 is 12.4 Å². The van der Waals surface area contributed by atoms with Crippen molar-refractivity contribution in [2.45, 2.75) is 0 Å². The van der Waals surface area contributed by atoms with Crippen LogP contribution in [0.5, 0.6) is 0 Å². The van der Waals surface area contributed by atoms with Gasteiger partial charge < -0.3 is 15.6 Å². The zero-order valence-electron chi connectivity index (χ0n) is 5.17. The van der Waals surface area contributed by atoms with E-state index in [-0.39, 0.29) is 24.4 Å². The van der Waals surface area contributed by atoms with Gasteiger partial charge in [-0.25, -0.2) is 0 Å². The van der Waals surface area contributed by atoms with Gasteiger partial charge in [0.1, 0.15) is 0 Å². The standard InChI is InChI=1S/C5H11NO2.ClH/c6-1-5(2-7)3-8-4-5;/h7H,1-4,6H2;1H. The fourth-order valence-corrected chi connectivity index (χ4v) is 0.664. The molecule has 1 rings (SSSR count). The summed E-state index contributed by atoms with van der Waals surface area (Å²) in [6.45, 7) is 1.94. The first kappa shape index (κ1) is 9.17. The van der Waals surface area contributed by atoms with Gasteiger partial charge in [-0.1, -0.05) is 0 Å². The molecule has 0 radical (unpaired) electrons. The molecule has 0 aliphatic carbocycles.